The van der Waals surface area contributed by atoms with Crippen molar-refractivity contribution in [2.24, 2.45) is 0 Å². The van der Waals surface area contributed by atoms with Gasteiger partial charge in [0.2, 0.25) is 0 Å². The van der Waals surface area contributed by atoms with Crippen molar-refractivity contribution in [3.8, 4) is 0 Å². The second-order valence-corrected chi connectivity index (χ2v) is 4.83. The molecule has 1 aromatic heterocycles. The van der Waals surface area contributed by atoms with Crippen LogP contribution >= 0.6 is 11.6 Å². The Bertz CT molecular complexity index is 629. The Morgan fingerprint density at radius 1 is 1.30 bits per heavy atom. The maximum absolute atomic E-state index is 11.2. The number of carbonyl (C=O) groups is 1. The normalized spacial score (nSPS) is 10.3. The number of nitrogens with zero attached hydrogens (tertiary/aromatic N) is 2. The highest BCUT2D eigenvalue weighted by atomic mass is 35.5. The maximum Gasteiger partial charge on any atom is 0.156 e. The van der Waals surface area contributed by atoms with E-state index in [2.05, 4.69) is 28.3 Å². The zero-order valence-corrected chi connectivity index (χ0v) is 12.2. The van der Waals surface area contributed by atoms with Gasteiger partial charge in [-0.2, -0.15) is 0 Å². The van der Waals surface area contributed by atoms with Crippen molar-refractivity contribution in [3.63, 3.8) is 0 Å². The molecule has 0 bridgehead atoms. The van der Waals surface area contributed by atoms with Gasteiger partial charge in [-0.3, -0.25) is 4.79 Å². The van der Waals surface area contributed by atoms with Gasteiger partial charge in [0.1, 0.15) is 16.8 Å². The third-order valence-corrected chi connectivity index (χ3v) is 3.21. The summed E-state index contributed by atoms with van der Waals surface area (Å²) in [6.07, 6.45) is 2.67. The Balaban J connectivity index is 2.42. The highest BCUT2D eigenvalue weighted by Crippen LogP contribution is 2.25. The van der Waals surface area contributed by atoms with Crippen LogP contribution in [0, 0.1) is 6.92 Å². The lowest BCUT2D eigenvalue weighted by molar-refractivity contribution is 0.112. The zero-order chi connectivity index (χ0) is 14.5. The van der Waals surface area contributed by atoms with Crippen molar-refractivity contribution in [1.29, 1.82) is 0 Å². The molecule has 5 heteroatoms. The summed E-state index contributed by atoms with van der Waals surface area (Å²) >= 11 is 5.98. The summed E-state index contributed by atoms with van der Waals surface area (Å²) in [6, 6.07) is 7.96. The van der Waals surface area contributed by atoms with E-state index in [1.54, 1.807) is 6.92 Å². The van der Waals surface area contributed by atoms with Crippen molar-refractivity contribution >= 4 is 29.4 Å². The first kappa shape index (κ1) is 14.5. The van der Waals surface area contributed by atoms with Gasteiger partial charge in [-0.05, 0) is 25.0 Å². The van der Waals surface area contributed by atoms with Gasteiger partial charge in [0, 0.05) is 5.69 Å². The monoisotopic (exact) mass is 289 g/mol. The molecular formula is C15H16ClN3O. The minimum Gasteiger partial charge on any atom is -0.339 e. The highest BCUT2D eigenvalue weighted by Gasteiger charge is 2.12. The van der Waals surface area contributed by atoms with E-state index < -0.39 is 0 Å². The summed E-state index contributed by atoms with van der Waals surface area (Å²) < 4.78 is 0. The van der Waals surface area contributed by atoms with Crippen molar-refractivity contribution in [1.82, 2.24) is 9.97 Å². The predicted octanol–water partition coefficient (Wildman–Crippen LogP) is 3.95. The fraction of sp³-hybridized carbons (Fsp3) is 0.267. The first-order chi connectivity index (χ1) is 9.65. The van der Waals surface area contributed by atoms with Crippen LogP contribution in [0.3, 0.4) is 0 Å². The summed E-state index contributed by atoms with van der Waals surface area (Å²) in [6.45, 7) is 3.86. The van der Waals surface area contributed by atoms with E-state index in [1.807, 2.05) is 18.2 Å². The fourth-order valence-electron chi connectivity index (χ4n) is 2.00. The molecule has 2 aromatic rings. The molecule has 0 aliphatic rings. The molecule has 0 spiro atoms. The number of hydrogen-bond donors (Lipinski definition) is 1. The fourth-order valence-corrected chi connectivity index (χ4v) is 2.26. The summed E-state index contributed by atoms with van der Waals surface area (Å²) in [4.78, 5) is 19.4. The van der Waals surface area contributed by atoms with Crippen LogP contribution in [0.2, 0.25) is 5.15 Å². The second kappa shape index (κ2) is 6.48. The molecule has 2 rings (SSSR count). The van der Waals surface area contributed by atoms with Crippen LogP contribution in [0.1, 0.15) is 35.1 Å². The topological polar surface area (TPSA) is 54.9 Å². The second-order valence-electron chi connectivity index (χ2n) is 4.47. The third-order valence-electron chi connectivity index (χ3n) is 2.92. The number of aromatic nitrogens is 2. The molecule has 0 aliphatic heterocycles. The molecule has 0 aliphatic carbocycles. The van der Waals surface area contributed by atoms with Gasteiger partial charge in [0.05, 0.1) is 5.56 Å². The summed E-state index contributed by atoms with van der Waals surface area (Å²) in [5.74, 6) is 0.970. The molecule has 1 heterocycles. The van der Waals surface area contributed by atoms with E-state index >= 15 is 0 Å². The Hall–Kier alpha value is -1.94. The van der Waals surface area contributed by atoms with Crippen molar-refractivity contribution < 1.29 is 4.79 Å². The molecule has 0 amide bonds. The quantitative estimate of drug-likeness (QED) is 0.669. The lowest BCUT2D eigenvalue weighted by Gasteiger charge is -2.13. The van der Waals surface area contributed by atoms with Gasteiger partial charge in [-0.1, -0.05) is 43.1 Å². The number of carbonyl (C=O) groups excluding carboxylic acids is 1. The number of halogens is 1. The smallest absolute Gasteiger partial charge is 0.156 e. The summed E-state index contributed by atoms with van der Waals surface area (Å²) in [5.41, 5.74) is 2.40. The van der Waals surface area contributed by atoms with Gasteiger partial charge >= 0.3 is 0 Å². The number of hydrogen-bond acceptors (Lipinski definition) is 4. The average Bonchev–Trinajstić information content (AvgIpc) is 2.41. The number of benzene rings is 1. The van der Waals surface area contributed by atoms with Crippen LogP contribution in [0.25, 0.3) is 0 Å². The SMILES string of the molecule is CCCc1ccccc1Nc1nc(C)nc(Cl)c1C=O. The van der Waals surface area contributed by atoms with Crippen LogP contribution in [0.5, 0.6) is 0 Å². The number of aryl methyl sites for hydroxylation is 2. The standard InChI is InChI=1S/C15H16ClN3O/c1-3-6-11-7-4-5-8-13(11)19-15-12(9-20)14(16)17-10(2)18-15/h4-5,7-9H,3,6H2,1-2H3,(H,17,18,19). The van der Waals surface area contributed by atoms with Crippen LogP contribution in [-0.4, -0.2) is 16.3 Å². The van der Waals surface area contributed by atoms with E-state index in [4.69, 9.17) is 11.6 Å². The van der Waals surface area contributed by atoms with Crippen LogP contribution < -0.4 is 5.32 Å². The third kappa shape index (κ3) is 3.14. The van der Waals surface area contributed by atoms with E-state index in [0.29, 0.717) is 17.9 Å². The predicted molar refractivity (Wildman–Crippen MR) is 80.9 cm³/mol. The first-order valence-corrected chi connectivity index (χ1v) is 6.87. The van der Waals surface area contributed by atoms with Gasteiger partial charge in [0.25, 0.3) is 0 Å². The van der Waals surface area contributed by atoms with Gasteiger partial charge < -0.3 is 5.32 Å². The molecule has 0 unspecified atom stereocenters. The van der Waals surface area contributed by atoms with E-state index in [-0.39, 0.29) is 10.7 Å². The lowest BCUT2D eigenvalue weighted by atomic mass is 10.1. The van der Waals surface area contributed by atoms with E-state index in [0.717, 1.165) is 18.5 Å². The lowest BCUT2D eigenvalue weighted by Crippen LogP contribution is -2.05. The number of anilines is 2. The number of nitrogens with one attached hydrogen (secondary N) is 1. The molecule has 104 valence electrons. The van der Waals surface area contributed by atoms with Gasteiger partial charge in [-0.15, -0.1) is 0 Å². The molecule has 4 nitrogen and oxygen atoms in total. The molecule has 0 radical (unpaired) electrons. The largest absolute Gasteiger partial charge is 0.339 e. The minimum atomic E-state index is 0.169. The Morgan fingerprint density at radius 3 is 2.75 bits per heavy atom. The number of aldehydes is 1. The molecule has 1 N–H and O–H groups in total. The molecule has 0 atom stereocenters. The first-order valence-electron chi connectivity index (χ1n) is 6.50. The maximum atomic E-state index is 11.2. The minimum absolute atomic E-state index is 0.169. The Kier molecular flexibility index (Phi) is 4.69. The molecule has 0 saturated heterocycles. The van der Waals surface area contributed by atoms with E-state index in [9.17, 15) is 4.79 Å². The number of para-hydroxylation sites is 1. The summed E-state index contributed by atoms with van der Waals surface area (Å²) in [7, 11) is 0. The van der Waals surface area contributed by atoms with Gasteiger partial charge in [-0.25, -0.2) is 9.97 Å². The Morgan fingerprint density at radius 2 is 2.05 bits per heavy atom. The zero-order valence-electron chi connectivity index (χ0n) is 11.5. The molecule has 1 aromatic carbocycles. The molecule has 0 fully saturated rings. The average molecular weight is 290 g/mol. The van der Waals surface area contributed by atoms with Crippen LogP contribution in [0.15, 0.2) is 24.3 Å². The molecule has 20 heavy (non-hydrogen) atoms. The van der Waals surface area contributed by atoms with Crippen LogP contribution in [0.4, 0.5) is 11.5 Å². The summed E-state index contributed by atoms with van der Waals surface area (Å²) in [5, 5.41) is 3.36. The van der Waals surface area contributed by atoms with Gasteiger partial charge in [0.15, 0.2) is 6.29 Å². The highest BCUT2D eigenvalue weighted by molar-refractivity contribution is 6.32. The van der Waals surface area contributed by atoms with E-state index in [1.165, 1.54) is 5.56 Å². The molecular weight excluding hydrogens is 274 g/mol. The Labute approximate surface area is 123 Å². The molecule has 0 saturated carbocycles. The van der Waals surface area contributed by atoms with Crippen LogP contribution in [-0.2, 0) is 6.42 Å². The number of rotatable bonds is 5. The van der Waals surface area contributed by atoms with Crippen molar-refractivity contribution in [2.75, 3.05) is 5.32 Å². The van der Waals surface area contributed by atoms with Crippen molar-refractivity contribution in [3.05, 3.63) is 46.4 Å². The van der Waals surface area contributed by atoms with Crippen molar-refractivity contribution in [2.45, 2.75) is 26.7 Å².